The summed E-state index contributed by atoms with van der Waals surface area (Å²) in [4.78, 5) is 18.5. The van der Waals surface area contributed by atoms with Crippen LogP contribution in [0.1, 0.15) is 36.0 Å². The van der Waals surface area contributed by atoms with E-state index in [2.05, 4.69) is 24.3 Å². The molecule has 1 heterocycles. The van der Waals surface area contributed by atoms with E-state index in [1.807, 2.05) is 78.9 Å². The fraction of sp³-hybridized carbons (Fsp3) is 0.333. The zero-order valence-corrected chi connectivity index (χ0v) is 20.8. The average Bonchev–Trinajstić information content (AvgIpc) is 3.27. The lowest BCUT2D eigenvalue weighted by atomic mass is 9.64. The summed E-state index contributed by atoms with van der Waals surface area (Å²) in [5.74, 6) is -0.150. The topological polar surface area (TPSA) is 64.7 Å². The minimum Gasteiger partial charge on any atom is -0.399 e. The second-order valence-corrected chi connectivity index (χ2v) is 9.83. The van der Waals surface area contributed by atoms with E-state index in [0.29, 0.717) is 0 Å². The van der Waals surface area contributed by atoms with Gasteiger partial charge in [0.1, 0.15) is 12.5 Å². The molecule has 0 aliphatic carbocycles. The Morgan fingerprint density at radius 1 is 0.971 bits per heavy atom. The fourth-order valence-corrected chi connectivity index (χ4v) is 5.88. The van der Waals surface area contributed by atoms with Crippen LogP contribution in [0.2, 0.25) is 0 Å². The van der Waals surface area contributed by atoms with Gasteiger partial charge in [0.05, 0.1) is 32.4 Å². The molecule has 0 bridgehead atoms. The molecule has 4 rings (SSSR count). The van der Waals surface area contributed by atoms with Crippen molar-refractivity contribution in [1.29, 1.82) is 0 Å². The number of carbonyl (C=O) groups excluding carboxylic acids is 1. The number of rotatable bonds is 10. The van der Waals surface area contributed by atoms with Gasteiger partial charge in [0.15, 0.2) is 0 Å². The second kappa shape index (κ2) is 10.9. The number of hydrogen-bond acceptors (Lipinski definition) is 3. The molecule has 0 radical (unpaired) electrons. The summed E-state index contributed by atoms with van der Waals surface area (Å²) in [6.45, 7) is 2.92. The number of primary amides is 1. The molecule has 1 aliphatic heterocycles. The van der Waals surface area contributed by atoms with Crippen molar-refractivity contribution < 1.29 is 14.1 Å². The number of amides is 1. The number of nitrogens with zero attached hydrogens (tertiary/aromatic N) is 2. The molecule has 35 heavy (non-hydrogen) atoms. The van der Waals surface area contributed by atoms with E-state index in [0.717, 1.165) is 65.8 Å². The van der Waals surface area contributed by atoms with Gasteiger partial charge in [-0.1, -0.05) is 96.2 Å². The summed E-state index contributed by atoms with van der Waals surface area (Å²) >= 11 is 0. The summed E-state index contributed by atoms with van der Waals surface area (Å²) in [5.41, 5.74) is 9.45. The van der Waals surface area contributed by atoms with Crippen molar-refractivity contribution in [2.45, 2.75) is 24.7 Å². The molecule has 182 valence electrons. The highest BCUT2D eigenvalue weighted by Gasteiger charge is 2.53. The SMILES string of the molecule is CO/N=C(\CCC[N+]1(C)CC[C@@H](C(C(N)=O)(c2ccccc2)c2ccccc2)C1)c1ccccc1. The van der Waals surface area contributed by atoms with Gasteiger partial charge in [0.2, 0.25) is 5.91 Å². The Kier molecular flexibility index (Phi) is 7.67. The molecule has 5 nitrogen and oxygen atoms in total. The van der Waals surface area contributed by atoms with Gasteiger partial charge in [0.25, 0.3) is 0 Å². The summed E-state index contributed by atoms with van der Waals surface area (Å²) < 4.78 is 0.911. The first kappa shape index (κ1) is 24.7. The summed E-state index contributed by atoms with van der Waals surface area (Å²) in [6.07, 6.45) is 2.77. The van der Waals surface area contributed by atoms with Crippen LogP contribution < -0.4 is 5.73 Å². The first-order valence-electron chi connectivity index (χ1n) is 12.4. The maximum Gasteiger partial charge on any atom is 0.233 e. The van der Waals surface area contributed by atoms with Gasteiger partial charge in [-0.3, -0.25) is 4.79 Å². The third kappa shape index (κ3) is 5.15. The Hall–Kier alpha value is -3.44. The quantitative estimate of drug-likeness (QED) is 0.264. The third-order valence-electron chi connectivity index (χ3n) is 7.56. The van der Waals surface area contributed by atoms with E-state index in [-0.39, 0.29) is 11.8 Å². The van der Waals surface area contributed by atoms with E-state index >= 15 is 0 Å². The molecular weight excluding hydrogens is 434 g/mol. The molecule has 3 aromatic carbocycles. The Morgan fingerprint density at radius 2 is 1.51 bits per heavy atom. The molecule has 1 amide bonds. The maximum absolute atomic E-state index is 13.3. The summed E-state index contributed by atoms with van der Waals surface area (Å²) in [7, 11) is 3.90. The van der Waals surface area contributed by atoms with Crippen molar-refractivity contribution in [3.05, 3.63) is 108 Å². The molecule has 3 aromatic rings. The third-order valence-corrected chi connectivity index (χ3v) is 7.56. The molecule has 1 fully saturated rings. The van der Waals surface area contributed by atoms with Crippen LogP contribution in [0.3, 0.4) is 0 Å². The lowest BCUT2D eigenvalue weighted by Crippen LogP contribution is -2.51. The van der Waals surface area contributed by atoms with Crippen LogP contribution in [-0.2, 0) is 15.0 Å². The first-order chi connectivity index (χ1) is 17.0. The predicted molar refractivity (Wildman–Crippen MR) is 141 cm³/mol. The largest absolute Gasteiger partial charge is 0.399 e. The van der Waals surface area contributed by atoms with Gasteiger partial charge in [-0.15, -0.1) is 0 Å². The van der Waals surface area contributed by atoms with Crippen LogP contribution in [0.15, 0.2) is 96.2 Å². The highest BCUT2D eigenvalue weighted by molar-refractivity contribution is 6.00. The molecule has 0 saturated carbocycles. The lowest BCUT2D eigenvalue weighted by Gasteiger charge is -2.38. The van der Waals surface area contributed by atoms with Gasteiger partial charge < -0.3 is 15.1 Å². The normalized spacial score (nSPS) is 20.5. The highest BCUT2D eigenvalue weighted by Crippen LogP contribution is 2.45. The molecule has 1 unspecified atom stereocenters. The second-order valence-electron chi connectivity index (χ2n) is 9.83. The van der Waals surface area contributed by atoms with Crippen molar-refractivity contribution >= 4 is 11.6 Å². The Balaban J connectivity index is 1.55. The first-order valence-corrected chi connectivity index (χ1v) is 12.4. The van der Waals surface area contributed by atoms with Crippen LogP contribution >= 0.6 is 0 Å². The minimum atomic E-state index is -0.842. The summed E-state index contributed by atoms with van der Waals surface area (Å²) in [6, 6.07) is 30.4. The zero-order chi connectivity index (χ0) is 24.7. The van der Waals surface area contributed by atoms with Gasteiger partial charge in [-0.25, -0.2) is 0 Å². The van der Waals surface area contributed by atoms with Crippen LogP contribution in [0.5, 0.6) is 0 Å². The molecular formula is C30H36N3O2+. The minimum absolute atomic E-state index is 0.121. The van der Waals surface area contributed by atoms with Gasteiger partial charge in [-0.2, -0.15) is 0 Å². The standard InChI is InChI=1S/C30H35N3O2/c1-33(21-12-19-28(32-35-2)24-13-6-3-7-14-24)22-20-27(23-33)30(29(31)34,25-15-8-4-9-16-25)26-17-10-5-11-18-26/h3-11,13-18,27H,12,19-23H2,1-2H3,(H-,31,34)/p+1/b32-28+/t27-,33?/m1/s1. The van der Waals surface area contributed by atoms with Gasteiger partial charge in [0, 0.05) is 18.8 Å². The Bertz CT molecular complexity index is 1090. The Morgan fingerprint density at radius 3 is 2.03 bits per heavy atom. The van der Waals surface area contributed by atoms with E-state index < -0.39 is 5.41 Å². The molecule has 0 aromatic heterocycles. The fourth-order valence-electron chi connectivity index (χ4n) is 5.88. The van der Waals surface area contributed by atoms with Crippen LogP contribution in [0.25, 0.3) is 0 Å². The van der Waals surface area contributed by atoms with Crippen molar-refractivity contribution in [2.75, 3.05) is 33.8 Å². The number of carbonyl (C=O) groups is 1. The smallest absolute Gasteiger partial charge is 0.233 e. The number of likely N-dealkylation sites (tertiary alicyclic amines) is 1. The zero-order valence-electron chi connectivity index (χ0n) is 20.8. The monoisotopic (exact) mass is 470 g/mol. The van der Waals surface area contributed by atoms with Gasteiger partial charge >= 0.3 is 0 Å². The number of nitrogens with two attached hydrogens (primary N) is 1. The van der Waals surface area contributed by atoms with Crippen molar-refractivity contribution in [1.82, 2.24) is 0 Å². The molecule has 0 spiro atoms. The average molecular weight is 471 g/mol. The molecule has 1 saturated heterocycles. The van der Waals surface area contributed by atoms with E-state index in [9.17, 15) is 4.79 Å². The van der Waals surface area contributed by atoms with E-state index in [1.54, 1.807) is 7.11 Å². The number of oxime groups is 1. The molecule has 5 heteroatoms. The number of benzene rings is 3. The van der Waals surface area contributed by atoms with Crippen LogP contribution in [0.4, 0.5) is 0 Å². The van der Waals surface area contributed by atoms with E-state index in [1.165, 1.54) is 0 Å². The number of hydrogen-bond donors (Lipinski definition) is 1. The molecule has 2 N–H and O–H groups in total. The van der Waals surface area contributed by atoms with E-state index in [4.69, 9.17) is 10.6 Å². The molecule has 2 atom stereocenters. The lowest BCUT2D eigenvalue weighted by molar-refractivity contribution is -0.899. The highest BCUT2D eigenvalue weighted by atomic mass is 16.6. The van der Waals surface area contributed by atoms with Crippen molar-refractivity contribution in [2.24, 2.45) is 16.8 Å². The summed E-state index contributed by atoms with van der Waals surface area (Å²) in [5, 5.41) is 4.29. The molecule has 1 aliphatic rings. The maximum atomic E-state index is 13.3. The van der Waals surface area contributed by atoms with Crippen LogP contribution in [-0.4, -0.2) is 49.9 Å². The van der Waals surface area contributed by atoms with Gasteiger partial charge in [-0.05, 0) is 23.1 Å². The van der Waals surface area contributed by atoms with Crippen molar-refractivity contribution in [3.63, 3.8) is 0 Å². The number of quaternary nitrogens is 1. The van der Waals surface area contributed by atoms with Crippen molar-refractivity contribution in [3.8, 4) is 0 Å². The Labute approximate surface area is 208 Å². The predicted octanol–water partition coefficient (Wildman–Crippen LogP) is 4.76. The van der Waals surface area contributed by atoms with Crippen LogP contribution in [0, 0.1) is 5.92 Å².